The molecule has 1 aliphatic heterocycles. The second kappa shape index (κ2) is 9.60. The van der Waals surface area contributed by atoms with Crippen LogP contribution < -0.4 is 4.80 Å². The third-order valence-electron chi connectivity index (χ3n) is 5.13. The molecule has 160 valence electrons. The second-order valence-electron chi connectivity index (χ2n) is 7.24. The molecule has 8 heteroatoms. The van der Waals surface area contributed by atoms with Crippen LogP contribution in [0.5, 0.6) is 0 Å². The van der Waals surface area contributed by atoms with Crippen molar-refractivity contribution in [2.45, 2.75) is 13.5 Å². The Labute approximate surface area is 189 Å². The molecule has 3 aromatic rings. The van der Waals surface area contributed by atoms with Crippen molar-refractivity contribution in [3.8, 4) is 0 Å². The van der Waals surface area contributed by atoms with Crippen molar-refractivity contribution >= 4 is 34.8 Å². The first-order chi connectivity index (χ1) is 15.0. The minimum Gasteiger partial charge on any atom is -0.378 e. The van der Waals surface area contributed by atoms with Crippen LogP contribution >= 0.6 is 22.9 Å². The summed E-state index contributed by atoms with van der Waals surface area (Å²) in [5.41, 5.74) is 3.07. The standard InChI is InChI=1S/C23H22ClN3O3S/c1-16-15-31-23(25-21(28)19-4-2-3-5-20(19)24)27(16)14-17-6-8-18(9-7-17)22(29)26-10-12-30-13-11-26/h2-9,15H,10-14H2,1H3. The van der Waals surface area contributed by atoms with Gasteiger partial charge in [0.15, 0.2) is 4.80 Å². The number of hydrogen-bond acceptors (Lipinski definition) is 4. The molecule has 0 unspecified atom stereocenters. The van der Waals surface area contributed by atoms with Gasteiger partial charge < -0.3 is 14.2 Å². The molecule has 1 saturated heterocycles. The predicted octanol–water partition coefficient (Wildman–Crippen LogP) is 3.77. The van der Waals surface area contributed by atoms with Gasteiger partial charge in [-0.2, -0.15) is 4.99 Å². The van der Waals surface area contributed by atoms with Gasteiger partial charge in [-0.15, -0.1) is 11.3 Å². The lowest BCUT2D eigenvalue weighted by Gasteiger charge is -2.26. The summed E-state index contributed by atoms with van der Waals surface area (Å²) in [7, 11) is 0. The fourth-order valence-corrected chi connectivity index (χ4v) is 4.45. The number of carbonyl (C=O) groups excluding carboxylic acids is 2. The van der Waals surface area contributed by atoms with Crippen LogP contribution in [-0.4, -0.2) is 47.6 Å². The molecule has 2 heterocycles. The summed E-state index contributed by atoms with van der Waals surface area (Å²) < 4.78 is 7.30. The van der Waals surface area contributed by atoms with Gasteiger partial charge in [-0.25, -0.2) is 0 Å². The van der Waals surface area contributed by atoms with Crippen LogP contribution in [0.2, 0.25) is 5.02 Å². The Kier molecular flexibility index (Phi) is 6.65. The van der Waals surface area contributed by atoms with E-state index in [1.165, 1.54) is 11.3 Å². The number of morpholine rings is 1. The summed E-state index contributed by atoms with van der Waals surface area (Å²) in [4.78, 5) is 32.0. The molecule has 2 aromatic carbocycles. The van der Waals surface area contributed by atoms with E-state index in [4.69, 9.17) is 16.3 Å². The van der Waals surface area contributed by atoms with E-state index >= 15 is 0 Å². The average Bonchev–Trinajstić information content (AvgIpc) is 3.13. The summed E-state index contributed by atoms with van der Waals surface area (Å²) in [5.74, 6) is -0.345. The van der Waals surface area contributed by atoms with Gasteiger partial charge in [-0.3, -0.25) is 9.59 Å². The summed E-state index contributed by atoms with van der Waals surface area (Å²) in [5, 5.41) is 2.35. The lowest BCUT2D eigenvalue weighted by Crippen LogP contribution is -2.40. The molecule has 0 spiro atoms. The highest BCUT2D eigenvalue weighted by atomic mass is 35.5. The number of rotatable bonds is 4. The number of amides is 2. The van der Waals surface area contributed by atoms with Gasteiger partial charge in [0, 0.05) is 29.7 Å². The van der Waals surface area contributed by atoms with E-state index < -0.39 is 0 Å². The van der Waals surface area contributed by atoms with E-state index in [1.807, 2.05) is 46.0 Å². The molecule has 0 aliphatic carbocycles. The molecule has 1 fully saturated rings. The van der Waals surface area contributed by atoms with Gasteiger partial charge in [0.05, 0.1) is 30.3 Å². The first kappa shape index (κ1) is 21.5. The summed E-state index contributed by atoms with van der Waals surface area (Å²) >= 11 is 7.55. The molecule has 0 atom stereocenters. The minimum atomic E-state index is -0.368. The van der Waals surface area contributed by atoms with Gasteiger partial charge in [-0.05, 0) is 36.8 Å². The first-order valence-electron chi connectivity index (χ1n) is 9.97. The molecular weight excluding hydrogens is 434 g/mol. The Bertz CT molecular complexity index is 1160. The quantitative estimate of drug-likeness (QED) is 0.601. The Morgan fingerprint density at radius 3 is 2.52 bits per heavy atom. The van der Waals surface area contributed by atoms with E-state index in [1.54, 1.807) is 24.3 Å². The molecule has 4 rings (SSSR count). The molecule has 0 saturated carbocycles. The molecule has 6 nitrogen and oxygen atoms in total. The van der Waals surface area contributed by atoms with E-state index in [9.17, 15) is 9.59 Å². The first-order valence-corrected chi connectivity index (χ1v) is 11.2. The van der Waals surface area contributed by atoms with Crippen molar-refractivity contribution < 1.29 is 14.3 Å². The van der Waals surface area contributed by atoms with Crippen LogP contribution in [0.15, 0.2) is 58.9 Å². The van der Waals surface area contributed by atoms with Crippen LogP contribution in [0.1, 0.15) is 32.0 Å². The Morgan fingerprint density at radius 1 is 1.10 bits per heavy atom. The van der Waals surface area contributed by atoms with Gasteiger partial charge in [0.25, 0.3) is 11.8 Å². The molecular formula is C23H22ClN3O3S. The van der Waals surface area contributed by atoms with Gasteiger partial charge >= 0.3 is 0 Å². The Hall–Kier alpha value is -2.74. The highest BCUT2D eigenvalue weighted by molar-refractivity contribution is 7.07. The molecule has 1 aromatic heterocycles. The van der Waals surface area contributed by atoms with Crippen molar-refractivity contribution in [1.82, 2.24) is 9.47 Å². The third kappa shape index (κ3) is 4.95. The monoisotopic (exact) mass is 455 g/mol. The SMILES string of the molecule is Cc1csc(=NC(=O)c2ccccc2Cl)n1Cc1ccc(C(=O)N2CCOCC2)cc1. The summed E-state index contributed by atoms with van der Waals surface area (Å²) in [6.45, 7) is 4.93. The zero-order valence-corrected chi connectivity index (χ0v) is 18.7. The molecule has 0 radical (unpaired) electrons. The van der Waals surface area contributed by atoms with Crippen LogP contribution in [0.4, 0.5) is 0 Å². The number of carbonyl (C=O) groups is 2. The van der Waals surface area contributed by atoms with Gasteiger partial charge in [0.2, 0.25) is 0 Å². The Morgan fingerprint density at radius 2 is 1.81 bits per heavy atom. The highest BCUT2D eigenvalue weighted by Gasteiger charge is 2.18. The van der Waals surface area contributed by atoms with Gasteiger partial charge in [0.1, 0.15) is 0 Å². The molecule has 31 heavy (non-hydrogen) atoms. The van der Waals surface area contributed by atoms with Crippen LogP contribution in [0, 0.1) is 6.92 Å². The summed E-state index contributed by atoms with van der Waals surface area (Å²) in [6.07, 6.45) is 0. The van der Waals surface area contributed by atoms with Crippen LogP contribution in [0.25, 0.3) is 0 Å². The normalized spacial score (nSPS) is 14.6. The minimum absolute atomic E-state index is 0.0234. The summed E-state index contributed by atoms with van der Waals surface area (Å²) in [6, 6.07) is 14.5. The number of aromatic nitrogens is 1. The lowest BCUT2D eigenvalue weighted by molar-refractivity contribution is 0.0303. The van der Waals surface area contributed by atoms with Crippen LogP contribution in [0.3, 0.4) is 0 Å². The number of hydrogen-bond donors (Lipinski definition) is 0. The van der Waals surface area contributed by atoms with E-state index in [0.717, 1.165) is 11.3 Å². The number of thiazole rings is 1. The number of ether oxygens (including phenoxy) is 1. The maximum absolute atomic E-state index is 12.6. The van der Waals surface area contributed by atoms with Crippen molar-refractivity contribution in [3.05, 3.63) is 86.1 Å². The molecule has 0 bridgehead atoms. The molecule has 2 amide bonds. The van der Waals surface area contributed by atoms with E-state index in [0.29, 0.717) is 53.8 Å². The van der Waals surface area contributed by atoms with Gasteiger partial charge in [-0.1, -0.05) is 35.9 Å². The highest BCUT2D eigenvalue weighted by Crippen LogP contribution is 2.16. The third-order valence-corrected chi connectivity index (χ3v) is 6.44. The maximum atomic E-state index is 12.6. The van der Waals surface area contributed by atoms with Crippen molar-refractivity contribution in [1.29, 1.82) is 0 Å². The van der Waals surface area contributed by atoms with E-state index in [-0.39, 0.29) is 11.8 Å². The number of benzene rings is 2. The van der Waals surface area contributed by atoms with E-state index in [2.05, 4.69) is 4.99 Å². The second-order valence-corrected chi connectivity index (χ2v) is 8.49. The Balaban J connectivity index is 1.54. The van der Waals surface area contributed by atoms with Crippen molar-refractivity contribution in [3.63, 3.8) is 0 Å². The molecule has 1 aliphatic rings. The smallest absolute Gasteiger partial charge is 0.281 e. The maximum Gasteiger partial charge on any atom is 0.281 e. The number of nitrogens with zero attached hydrogens (tertiary/aromatic N) is 3. The largest absolute Gasteiger partial charge is 0.378 e. The topological polar surface area (TPSA) is 63.9 Å². The average molecular weight is 456 g/mol. The molecule has 0 N–H and O–H groups in total. The lowest BCUT2D eigenvalue weighted by atomic mass is 10.1. The fourth-order valence-electron chi connectivity index (χ4n) is 3.36. The fraction of sp³-hybridized carbons (Fsp3) is 0.261. The predicted molar refractivity (Wildman–Crippen MR) is 121 cm³/mol. The zero-order chi connectivity index (χ0) is 21.8. The van der Waals surface area contributed by atoms with Crippen molar-refractivity contribution in [2.75, 3.05) is 26.3 Å². The number of aryl methyl sites for hydroxylation is 1. The number of halogens is 1. The zero-order valence-electron chi connectivity index (χ0n) is 17.1. The van der Waals surface area contributed by atoms with Crippen LogP contribution in [-0.2, 0) is 11.3 Å². The van der Waals surface area contributed by atoms with Crippen molar-refractivity contribution in [2.24, 2.45) is 4.99 Å².